The minimum absolute atomic E-state index is 0.395. The van der Waals surface area contributed by atoms with E-state index in [-0.39, 0.29) is 0 Å². The summed E-state index contributed by atoms with van der Waals surface area (Å²) < 4.78 is 33.9. The number of piperidine rings is 1. The maximum Gasteiger partial charge on any atom is 0.243 e. The van der Waals surface area contributed by atoms with Crippen molar-refractivity contribution in [2.24, 2.45) is 11.8 Å². The summed E-state index contributed by atoms with van der Waals surface area (Å²) in [6, 6.07) is 5.32. The molecule has 1 saturated carbocycles. The number of nitrogens with one attached hydrogen (secondary N) is 1. The van der Waals surface area contributed by atoms with Gasteiger partial charge in [0.1, 0.15) is 5.75 Å². The Balaban J connectivity index is 1.59. The zero-order valence-electron chi connectivity index (χ0n) is 16.2. The van der Waals surface area contributed by atoms with Gasteiger partial charge < -0.3 is 15.0 Å². The van der Waals surface area contributed by atoms with Crippen molar-refractivity contribution in [3.05, 3.63) is 18.2 Å². The lowest BCUT2D eigenvalue weighted by Gasteiger charge is -2.40. The maximum absolute atomic E-state index is 13.4. The quantitative estimate of drug-likeness (QED) is 0.851. The summed E-state index contributed by atoms with van der Waals surface area (Å²) in [6.45, 7) is 4.84. The van der Waals surface area contributed by atoms with Crippen LogP contribution < -0.4 is 15.0 Å². The summed E-state index contributed by atoms with van der Waals surface area (Å²) in [4.78, 5) is 2.60. The number of piperazine rings is 1. The van der Waals surface area contributed by atoms with Crippen LogP contribution in [-0.2, 0) is 10.0 Å². The predicted octanol–water partition coefficient (Wildman–Crippen LogP) is 2.31. The molecule has 3 fully saturated rings. The minimum atomic E-state index is -3.46. The van der Waals surface area contributed by atoms with Crippen LogP contribution in [0.1, 0.15) is 32.1 Å². The molecular formula is C20H31N3O3S. The first-order valence-electron chi connectivity index (χ1n) is 10.2. The number of fused-ring (bicyclic) bond motifs is 1. The third-order valence-corrected chi connectivity index (χ3v) is 8.36. The lowest BCUT2D eigenvalue weighted by molar-refractivity contribution is 0.136. The smallest absolute Gasteiger partial charge is 0.243 e. The van der Waals surface area contributed by atoms with Gasteiger partial charge in [-0.15, -0.1) is 0 Å². The van der Waals surface area contributed by atoms with E-state index >= 15 is 0 Å². The van der Waals surface area contributed by atoms with E-state index < -0.39 is 10.0 Å². The SMILES string of the molecule is COc1ccc(S(=O)(=O)N2CCC3CCCCC3C2)cc1N1CCNCC1. The maximum atomic E-state index is 13.4. The van der Waals surface area contributed by atoms with Crippen molar-refractivity contribution < 1.29 is 13.2 Å². The molecule has 1 aliphatic carbocycles. The number of anilines is 1. The first kappa shape index (κ1) is 19.0. The van der Waals surface area contributed by atoms with Crippen LogP contribution in [-0.4, -0.2) is 59.1 Å². The number of rotatable bonds is 4. The first-order chi connectivity index (χ1) is 13.1. The average Bonchev–Trinajstić information content (AvgIpc) is 2.73. The second-order valence-corrected chi connectivity index (χ2v) is 9.96. The number of hydrogen-bond acceptors (Lipinski definition) is 5. The predicted molar refractivity (Wildman–Crippen MR) is 107 cm³/mol. The average molecular weight is 394 g/mol. The van der Waals surface area contributed by atoms with Crippen LogP contribution in [0.25, 0.3) is 0 Å². The Bertz CT molecular complexity index is 762. The molecule has 1 aromatic carbocycles. The highest BCUT2D eigenvalue weighted by Crippen LogP contribution is 2.38. The normalized spacial score (nSPS) is 27.2. The van der Waals surface area contributed by atoms with Gasteiger partial charge in [0.15, 0.2) is 0 Å². The molecule has 0 amide bonds. The Morgan fingerprint density at radius 3 is 2.52 bits per heavy atom. The van der Waals surface area contributed by atoms with Crippen molar-refractivity contribution in [1.82, 2.24) is 9.62 Å². The zero-order valence-corrected chi connectivity index (χ0v) is 17.0. The molecule has 0 spiro atoms. The number of hydrogen-bond donors (Lipinski definition) is 1. The highest BCUT2D eigenvalue weighted by Gasteiger charge is 2.36. The number of benzene rings is 1. The van der Waals surface area contributed by atoms with Crippen LogP contribution in [0.3, 0.4) is 0 Å². The van der Waals surface area contributed by atoms with Crippen LogP contribution in [0.4, 0.5) is 5.69 Å². The van der Waals surface area contributed by atoms with Crippen LogP contribution >= 0.6 is 0 Å². The van der Waals surface area contributed by atoms with E-state index in [0.29, 0.717) is 23.9 Å². The molecule has 0 aromatic heterocycles. The van der Waals surface area contributed by atoms with Gasteiger partial charge >= 0.3 is 0 Å². The fraction of sp³-hybridized carbons (Fsp3) is 0.700. The molecule has 3 aliphatic rings. The van der Waals surface area contributed by atoms with E-state index in [1.54, 1.807) is 23.5 Å². The van der Waals surface area contributed by atoms with Gasteiger partial charge in [0.2, 0.25) is 10.0 Å². The molecule has 2 atom stereocenters. The number of ether oxygens (including phenoxy) is 1. The van der Waals surface area contributed by atoms with Crippen molar-refractivity contribution in [2.45, 2.75) is 37.0 Å². The Morgan fingerprint density at radius 2 is 1.78 bits per heavy atom. The van der Waals surface area contributed by atoms with E-state index in [9.17, 15) is 8.42 Å². The second-order valence-electron chi connectivity index (χ2n) is 8.03. The summed E-state index contributed by atoms with van der Waals surface area (Å²) >= 11 is 0. The van der Waals surface area contributed by atoms with Gasteiger partial charge in [-0.05, 0) is 42.9 Å². The molecule has 2 saturated heterocycles. The Kier molecular flexibility index (Phi) is 5.62. The molecule has 0 bridgehead atoms. The van der Waals surface area contributed by atoms with Crippen molar-refractivity contribution in [2.75, 3.05) is 51.3 Å². The second kappa shape index (κ2) is 7.97. The van der Waals surface area contributed by atoms with Gasteiger partial charge in [0.05, 0.1) is 17.7 Å². The van der Waals surface area contributed by atoms with E-state index in [1.807, 2.05) is 6.07 Å². The Morgan fingerprint density at radius 1 is 1.04 bits per heavy atom. The summed E-state index contributed by atoms with van der Waals surface area (Å²) in [5.41, 5.74) is 0.882. The van der Waals surface area contributed by atoms with Gasteiger partial charge in [0, 0.05) is 39.3 Å². The van der Waals surface area contributed by atoms with E-state index in [0.717, 1.165) is 50.0 Å². The third kappa shape index (κ3) is 3.82. The summed E-state index contributed by atoms with van der Waals surface area (Å²) in [7, 11) is -1.82. The molecule has 4 rings (SSSR count). The van der Waals surface area contributed by atoms with Crippen LogP contribution in [0.2, 0.25) is 0 Å². The summed E-state index contributed by atoms with van der Waals surface area (Å²) in [5.74, 6) is 1.99. The molecule has 6 nitrogen and oxygen atoms in total. The molecule has 2 unspecified atom stereocenters. The van der Waals surface area contributed by atoms with Crippen molar-refractivity contribution in [3.8, 4) is 5.75 Å². The molecule has 27 heavy (non-hydrogen) atoms. The molecule has 0 radical (unpaired) electrons. The van der Waals surface area contributed by atoms with Gasteiger partial charge in [-0.1, -0.05) is 19.3 Å². The van der Waals surface area contributed by atoms with Crippen LogP contribution in [0.15, 0.2) is 23.1 Å². The van der Waals surface area contributed by atoms with Crippen LogP contribution in [0.5, 0.6) is 5.75 Å². The molecule has 1 aromatic rings. The molecule has 1 N–H and O–H groups in total. The topological polar surface area (TPSA) is 61.9 Å². The highest BCUT2D eigenvalue weighted by atomic mass is 32.2. The molecule has 2 heterocycles. The molecule has 7 heteroatoms. The van der Waals surface area contributed by atoms with Crippen molar-refractivity contribution >= 4 is 15.7 Å². The standard InChI is InChI=1S/C20H31N3O3S/c1-26-20-7-6-18(14-19(20)22-12-9-21-10-13-22)27(24,25)23-11-8-16-4-2-3-5-17(16)15-23/h6-7,14,16-17,21H,2-5,8-13,15H2,1H3. The largest absolute Gasteiger partial charge is 0.495 e. The van der Waals surface area contributed by atoms with Crippen molar-refractivity contribution in [3.63, 3.8) is 0 Å². The number of nitrogens with zero attached hydrogens (tertiary/aromatic N) is 2. The monoisotopic (exact) mass is 393 g/mol. The third-order valence-electron chi connectivity index (χ3n) is 6.50. The fourth-order valence-corrected chi connectivity index (χ4v) is 6.45. The van der Waals surface area contributed by atoms with Gasteiger partial charge in [-0.3, -0.25) is 0 Å². The van der Waals surface area contributed by atoms with Gasteiger partial charge in [-0.2, -0.15) is 4.31 Å². The Labute approximate surface area is 162 Å². The van der Waals surface area contributed by atoms with Crippen LogP contribution in [0, 0.1) is 11.8 Å². The molecule has 2 aliphatic heterocycles. The lowest BCUT2D eigenvalue weighted by atomic mass is 9.76. The minimum Gasteiger partial charge on any atom is -0.495 e. The zero-order chi connectivity index (χ0) is 18.9. The number of methoxy groups -OCH3 is 1. The molecule has 150 valence electrons. The van der Waals surface area contributed by atoms with E-state index in [1.165, 1.54) is 25.7 Å². The summed E-state index contributed by atoms with van der Waals surface area (Å²) in [5, 5.41) is 3.34. The first-order valence-corrected chi connectivity index (χ1v) is 11.7. The van der Waals surface area contributed by atoms with Gasteiger partial charge in [0.25, 0.3) is 0 Å². The fourth-order valence-electron chi connectivity index (χ4n) is 4.92. The Hall–Kier alpha value is -1.31. The van der Waals surface area contributed by atoms with E-state index in [4.69, 9.17) is 4.74 Å². The number of sulfonamides is 1. The van der Waals surface area contributed by atoms with Gasteiger partial charge in [-0.25, -0.2) is 8.42 Å². The molecular weight excluding hydrogens is 362 g/mol. The lowest BCUT2D eigenvalue weighted by Crippen LogP contribution is -2.45. The summed E-state index contributed by atoms with van der Waals surface area (Å²) in [6.07, 6.45) is 6.00. The van der Waals surface area contributed by atoms with E-state index in [2.05, 4.69) is 10.2 Å². The highest BCUT2D eigenvalue weighted by molar-refractivity contribution is 7.89. The van der Waals surface area contributed by atoms with Crippen molar-refractivity contribution in [1.29, 1.82) is 0 Å².